The predicted octanol–water partition coefficient (Wildman–Crippen LogP) is 0.447. The van der Waals surface area contributed by atoms with Crippen molar-refractivity contribution in [2.24, 2.45) is 7.05 Å². The standard InChI is InChI=1S/C11H16ClN3O3/c1-14-9(12)5-13-10(14)7-15-3-4-18-8(6-15)11(16)17-2/h5,8H,3-4,6-7H2,1-2H3. The first-order chi connectivity index (χ1) is 8.61. The van der Waals surface area contributed by atoms with Gasteiger partial charge < -0.3 is 14.0 Å². The first-order valence-electron chi connectivity index (χ1n) is 5.69. The average molecular weight is 274 g/mol. The third-order valence-corrected chi connectivity index (χ3v) is 3.36. The summed E-state index contributed by atoms with van der Waals surface area (Å²) in [6.07, 6.45) is 1.11. The van der Waals surface area contributed by atoms with Gasteiger partial charge in [0.15, 0.2) is 6.10 Å². The highest BCUT2D eigenvalue weighted by molar-refractivity contribution is 6.29. The molecule has 18 heavy (non-hydrogen) atoms. The maximum Gasteiger partial charge on any atom is 0.336 e. The number of esters is 1. The highest BCUT2D eigenvalue weighted by Gasteiger charge is 2.27. The largest absolute Gasteiger partial charge is 0.467 e. The quantitative estimate of drug-likeness (QED) is 0.749. The van der Waals surface area contributed by atoms with Gasteiger partial charge in [-0.3, -0.25) is 4.90 Å². The molecule has 100 valence electrons. The molecule has 6 nitrogen and oxygen atoms in total. The van der Waals surface area contributed by atoms with Crippen molar-refractivity contribution in [2.75, 3.05) is 26.8 Å². The number of rotatable bonds is 3. The van der Waals surface area contributed by atoms with Crippen LogP contribution in [0, 0.1) is 0 Å². The van der Waals surface area contributed by atoms with Gasteiger partial charge in [-0.15, -0.1) is 0 Å². The molecule has 0 aromatic carbocycles. The zero-order valence-electron chi connectivity index (χ0n) is 10.4. The molecule has 1 atom stereocenters. The molecule has 2 heterocycles. The van der Waals surface area contributed by atoms with Crippen LogP contribution in [-0.4, -0.2) is 53.3 Å². The average Bonchev–Trinajstić information content (AvgIpc) is 2.70. The summed E-state index contributed by atoms with van der Waals surface area (Å²) in [6, 6.07) is 0. The number of nitrogens with zero attached hydrogens (tertiary/aromatic N) is 3. The molecule has 7 heteroatoms. The lowest BCUT2D eigenvalue weighted by atomic mass is 10.2. The van der Waals surface area contributed by atoms with E-state index in [0.29, 0.717) is 24.8 Å². The Hall–Kier alpha value is -1.11. The Bertz CT molecular complexity index is 435. The van der Waals surface area contributed by atoms with Crippen molar-refractivity contribution >= 4 is 17.6 Å². The van der Waals surface area contributed by atoms with Gasteiger partial charge in [-0.1, -0.05) is 11.6 Å². The summed E-state index contributed by atoms with van der Waals surface area (Å²) in [4.78, 5) is 17.8. The number of carbonyl (C=O) groups excluding carboxylic acids is 1. The molecule has 2 rings (SSSR count). The number of hydrogen-bond donors (Lipinski definition) is 0. The second kappa shape index (κ2) is 5.69. The third-order valence-electron chi connectivity index (χ3n) is 3.01. The SMILES string of the molecule is COC(=O)C1CN(Cc2ncc(Cl)n2C)CCO1. The van der Waals surface area contributed by atoms with E-state index < -0.39 is 6.10 Å². The molecule has 0 bridgehead atoms. The number of ether oxygens (including phenoxy) is 2. The zero-order chi connectivity index (χ0) is 13.1. The summed E-state index contributed by atoms with van der Waals surface area (Å²) in [6.45, 7) is 2.42. The van der Waals surface area contributed by atoms with Crippen molar-refractivity contribution in [3.05, 3.63) is 17.2 Å². The Morgan fingerprint density at radius 3 is 3.11 bits per heavy atom. The van der Waals surface area contributed by atoms with Gasteiger partial charge in [-0.2, -0.15) is 0 Å². The van der Waals surface area contributed by atoms with Crippen LogP contribution in [-0.2, 0) is 27.9 Å². The van der Waals surface area contributed by atoms with E-state index in [2.05, 4.69) is 14.6 Å². The van der Waals surface area contributed by atoms with Crippen LogP contribution in [0.15, 0.2) is 6.20 Å². The number of aromatic nitrogens is 2. The molecule has 1 aromatic heterocycles. The molecule has 0 spiro atoms. The van der Waals surface area contributed by atoms with Crippen molar-refractivity contribution in [1.29, 1.82) is 0 Å². The van der Waals surface area contributed by atoms with Crippen molar-refractivity contribution in [2.45, 2.75) is 12.6 Å². The summed E-state index contributed by atoms with van der Waals surface area (Å²) < 4.78 is 11.9. The summed E-state index contributed by atoms with van der Waals surface area (Å²) in [5.41, 5.74) is 0. The van der Waals surface area contributed by atoms with E-state index in [4.69, 9.17) is 16.3 Å². The van der Waals surface area contributed by atoms with E-state index in [1.165, 1.54) is 7.11 Å². The molecule has 0 N–H and O–H groups in total. The summed E-state index contributed by atoms with van der Waals surface area (Å²) in [5.74, 6) is 0.531. The number of carbonyl (C=O) groups is 1. The van der Waals surface area contributed by atoms with E-state index in [-0.39, 0.29) is 5.97 Å². The van der Waals surface area contributed by atoms with Crippen LogP contribution < -0.4 is 0 Å². The van der Waals surface area contributed by atoms with Gasteiger partial charge in [0.05, 0.1) is 26.5 Å². The number of halogens is 1. The Morgan fingerprint density at radius 1 is 1.72 bits per heavy atom. The Labute approximate surface area is 110 Å². The minimum atomic E-state index is -0.514. The van der Waals surface area contributed by atoms with Gasteiger partial charge in [0.1, 0.15) is 11.0 Å². The zero-order valence-corrected chi connectivity index (χ0v) is 11.2. The molecule has 0 aliphatic carbocycles. The molecule has 1 aliphatic rings. The van der Waals surface area contributed by atoms with Crippen LogP contribution in [0.2, 0.25) is 5.15 Å². The van der Waals surface area contributed by atoms with Gasteiger partial charge in [0.2, 0.25) is 0 Å². The van der Waals surface area contributed by atoms with Crippen molar-refractivity contribution in [3.63, 3.8) is 0 Å². The van der Waals surface area contributed by atoms with Gasteiger partial charge in [0, 0.05) is 20.1 Å². The topological polar surface area (TPSA) is 56.6 Å². The van der Waals surface area contributed by atoms with Crippen LogP contribution in [0.1, 0.15) is 5.82 Å². The number of methoxy groups -OCH3 is 1. The predicted molar refractivity (Wildman–Crippen MR) is 65.3 cm³/mol. The van der Waals surface area contributed by atoms with Gasteiger partial charge in [-0.05, 0) is 0 Å². The van der Waals surface area contributed by atoms with Crippen molar-refractivity contribution in [1.82, 2.24) is 14.5 Å². The smallest absolute Gasteiger partial charge is 0.336 e. The van der Waals surface area contributed by atoms with Crippen LogP contribution >= 0.6 is 11.6 Å². The summed E-state index contributed by atoms with van der Waals surface area (Å²) in [5, 5.41) is 0.600. The minimum Gasteiger partial charge on any atom is -0.467 e. The molecule has 1 aromatic rings. The molecular formula is C11H16ClN3O3. The molecule has 0 radical (unpaired) electrons. The van der Waals surface area contributed by atoms with E-state index in [1.54, 1.807) is 6.20 Å². The highest BCUT2D eigenvalue weighted by Crippen LogP contribution is 2.14. The first kappa shape index (κ1) is 13.3. The minimum absolute atomic E-state index is 0.336. The van der Waals surface area contributed by atoms with Gasteiger partial charge in [-0.25, -0.2) is 9.78 Å². The molecule has 1 unspecified atom stereocenters. The van der Waals surface area contributed by atoms with E-state index in [0.717, 1.165) is 12.4 Å². The molecule has 1 aliphatic heterocycles. The number of morpholine rings is 1. The maximum atomic E-state index is 11.4. The van der Waals surface area contributed by atoms with E-state index >= 15 is 0 Å². The molecule has 1 fully saturated rings. The normalized spacial score (nSPS) is 20.9. The lowest BCUT2D eigenvalue weighted by molar-refractivity contribution is -0.160. The fourth-order valence-electron chi connectivity index (χ4n) is 1.89. The Balaban J connectivity index is 1.97. The Kier molecular flexibility index (Phi) is 4.21. The van der Waals surface area contributed by atoms with Gasteiger partial charge >= 0.3 is 5.97 Å². The highest BCUT2D eigenvalue weighted by atomic mass is 35.5. The molecule has 0 saturated carbocycles. The van der Waals surface area contributed by atoms with Crippen molar-refractivity contribution in [3.8, 4) is 0 Å². The summed E-state index contributed by atoms with van der Waals surface area (Å²) >= 11 is 5.93. The lowest BCUT2D eigenvalue weighted by Gasteiger charge is -2.31. The molecular weight excluding hydrogens is 258 g/mol. The van der Waals surface area contributed by atoms with Crippen LogP contribution in [0.25, 0.3) is 0 Å². The number of hydrogen-bond acceptors (Lipinski definition) is 5. The first-order valence-corrected chi connectivity index (χ1v) is 6.07. The van der Waals surface area contributed by atoms with Crippen LogP contribution in [0.3, 0.4) is 0 Å². The fourth-order valence-corrected chi connectivity index (χ4v) is 2.04. The third kappa shape index (κ3) is 2.82. The van der Waals surface area contributed by atoms with Crippen LogP contribution in [0.4, 0.5) is 0 Å². The number of imidazole rings is 1. The second-order valence-corrected chi connectivity index (χ2v) is 4.56. The fraction of sp³-hybridized carbons (Fsp3) is 0.636. The Morgan fingerprint density at radius 2 is 2.50 bits per heavy atom. The van der Waals surface area contributed by atoms with Crippen molar-refractivity contribution < 1.29 is 14.3 Å². The molecule has 1 saturated heterocycles. The molecule has 0 amide bonds. The maximum absolute atomic E-state index is 11.4. The van der Waals surface area contributed by atoms with Crippen LogP contribution in [0.5, 0.6) is 0 Å². The van der Waals surface area contributed by atoms with E-state index in [9.17, 15) is 4.79 Å². The lowest BCUT2D eigenvalue weighted by Crippen LogP contribution is -2.46. The second-order valence-electron chi connectivity index (χ2n) is 4.17. The van der Waals surface area contributed by atoms with E-state index in [1.807, 2.05) is 11.6 Å². The summed E-state index contributed by atoms with van der Waals surface area (Å²) in [7, 11) is 3.23. The van der Waals surface area contributed by atoms with Gasteiger partial charge in [0.25, 0.3) is 0 Å². The monoisotopic (exact) mass is 273 g/mol.